The number of halogens is 1. The fourth-order valence-electron chi connectivity index (χ4n) is 5.06. The highest BCUT2D eigenvalue weighted by molar-refractivity contribution is 7.93. The van der Waals surface area contributed by atoms with Crippen molar-refractivity contribution < 1.29 is 8.42 Å². The molecule has 0 unspecified atom stereocenters. The molecule has 0 spiro atoms. The van der Waals surface area contributed by atoms with E-state index < -0.39 is 10.0 Å². The Balaban J connectivity index is 0.00000228. The molecule has 3 heterocycles. The van der Waals surface area contributed by atoms with E-state index in [0.717, 1.165) is 54.3 Å². The van der Waals surface area contributed by atoms with Crippen LogP contribution in [0.4, 0.5) is 11.4 Å². The molecule has 6 rings (SSSR count). The van der Waals surface area contributed by atoms with Crippen LogP contribution >= 0.6 is 12.4 Å². The Morgan fingerprint density at radius 2 is 1.82 bits per heavy atom. The summed E-state index contributed by atoms with van der Waals surface area (Å²) in [5.74, 6) is 0. The van der Waals surface area contributed by atoms with E-state index in [0.29, 0.717) is 11.4 Å². The van der Waals surface area contributed by atoms with Crippen molar-refractivity contribution in [1.29, 1.82) is 0 Å². The van der Waals surface area contributed by atoms with Crippen molar-refractivity contribution in [3.8, 4) is 0 Å². The number of benzene rings is 3. The highest BCUT2D eigenvalue weighted by Gasteiger charge is 2.34. The third-order valence-corrected chi connectivity index (χ3v) is 8.60. The molecule has 4 aromatic rings. The first-order valence-electron chi connectivity index (χ1n) is 11.2. The van der Waals surface area contributed by atoms with Gasteiger partial charge in [0.2, 0.25) is 0 Å². The molecular formula is C26H26ClN3O2S. The third-order valence-electron chi connectivity index (χ3n) is 6.75. The normalized spacial score (nSPS) is 16.8. The number of hydrogen-bond donors (Lipinski definition) is 1. The van der Waals surface area contributed by atoms with Gasteiger partial charge in [0.15, 0.2) is 0 Å². The summed E-state index contributed by atoms with van der Waals surface area (Å²) in [6.07, 6.45) is 7.07. The fourth-order valence-corrected chi connectivity index (χ4v) is 6.81. The highest BCUT2D eigenvalue weighted by atomic mass is 35.5. The summed E-state index contributed by atoms with van der Waals surface area (Å²) in [6.45, 7) is 2.41. The van der Waals surface area contributed by atoms with Crippen molar-refractivity contribution in [3.05, 3.63) is 78.5 Å². The van der Waals surface area contributed by atoms with Crippen LogP contribution in [0.1, 0.15) is 19.3 Å². The Morgan fingerprint density at radius 3 is 2.64 bits per heavy atom. The summed E-state index contributed by atoms with van der Waals surface area (Å²) in [5, 5.41) is 3.08. The van der Waals surface area contributed by atoms with Crippen molar-refractivity contribution >= 4 is 55.5 Å². The number of aromatic nitrogens is 1. The minimum atomic E-state index is -3.46. The second kappa shape index (κ2) is 8.43. The van der Waals surface area contributed by atoms with Gasteiger partial charge in [-0.2, -0.15) is 0 Å². The molecule has 0 amide bonds. The lowest BCUT2D eigenvalue weighted by atomic mass is 10.0. The van der Waals surface area contributed by atoms with Gasteiger partial charge in [-0.15, -0.1) is 12.4 Å². The van der Waals surface area contributed by atoms with Crippen molar-refractivity contribution in [1.82, 2.24) is 4.98 Å². The second-order valence-corrected chi connectivity index (χ2v) is 10.5. The fraction of sp³-hybridized carbons (Fsp3) is 0.231. The largest absolute Gasteiger partial charge is 0.367 e. The number of hydrogen-bond acceptors (Lipinski definition) is 3. The van der Waals surface area contributed by atoms with Crippen molar-refractivity contribution in [2.24, 2.45) is 0 Å². The van der Waals surface area contributed by atoms with E-state index in [4.69, 9.17) is 0 Å². The number of H-pyrrole nitrogens is 1. The molecule has 0 fully saturated rings. The first-order valence-corrected chi connectivity index (χ1v) is 12.6. The van der Waals surface area contributed by atoms with Gasteiger partial charge < -0.3 is 9.88 Å². The predicted octanol–water partition coefficient (Wildman–Crippen LogP) is 5.87. The molecule has 0 atom stereocenters. The Morgan fingerprint density at radius 1 is 0.970 bits per heavy atom. The van der Waals surface area contributed by atoms with Crippen LogP contribution in [0.3, 0.4) is 0 Å². The number of nitrogens with zero attached hydrogens (tertiary/aromatic N) is 2. The molecule has 170 valence electrons. The third kappa shape index (κ3) is 3.67. The van der Waals surface area contributed by atoms with E-state index in [-0.39, 0.29) is 12.4 Å². The SMILES string of the molecule is Cl.O=S1(=O)c2cccc3cccc(c23)N1CCCC1=CCN(c2ccc3[nH]ccc3c2)CC1. The molecule has 1 aromatic heterocycles. The molecule has 0 saturated carbocycles. The topological polar surface area (TPSA) is 56.4 Å². The lowest BCUT2D eigenvalue weighted by Gasteiger charge is -2.29. The summed E-state index contributed by atoms with van der Waals surface area (Å²) < 4.78 is 27.8. The zero-order valence-electron chi connectivity index (χ0n) is 18.2. The quantitative estimate of drug-likeness (QED) is 0.364. The van der Waals surface area contributed by atoms with Gasteiger partial charge in [-0.3, -0.25) is 4.31 Å². The number of nitrogens with one attached hydrogen (secondary N) is 1. The lowest BCUT2D eigenvalue weighted by molar-refractivity contribution is 0.591. The highest BCUT2D eigenvalue weighted by Crippen LogP contribution is 2.42. The predicted molar refractivity (Wildman–Crippen MR) is 138 cm³/mol. The number of fused-ring (bicyclic) bond motifs is 1. The van der Waals surface area contributed by atoms with E-state index in [2.05, 4.69) is 40.2 Å². The number of rotatable bonds is 5. The van der Waals surface area contributed by atoms with Crippen LogP contribution in [0.25, 0.3) is 21.7 Å². The Labute approximate surface area is 200 Å². The van der Waals surface area contributed by atoms with Crippen molar-refractivity contribution in [2.75, 3.05) is 28.8 Å². The van der Waals surface area contributed by atoms with E-state index >= 15 is 0 Å². The first-order chi connectivity index (χ1) is 15.6. The van der Waals surface area contributed by atoms with Gasteiger partial charge in [0.05, 0.1) is 10.6 Å². The zero-order chi connectivity index (χ0) is 21.7. The molecule has 2 aliphatic heterocycles. The molecule has 5 nitrogen and oxygen atoms in total. The minimum Gasteiger partial charge on any atom is -0.367 e. The Hall–Kier alpha value is -2.96. The van der Waals surface area contributed by atoms with Crippen molar-refractivity contribution in [2.45, 2.75) is 24.2 Å². The molecule has 1 N–H and O–H groups in total. The number of anilines is 2. The van der Waals surface area contributed by atoms with E-state index in [1.54, 1.807) is 10.4 Å². The van der Waals surface area contributed by atoms with E-state index in [1.165, 1.54) is 16.6 Å². The Kier molecular flexibility index (Phi) is 5.59. The molecule has 2 aliphatic rings. The van der Waals surface area contributed by atoms with Gasteiger partial charge in [0.25, 0.3) is 10.0 Å². The van der Waals surface area contributed by atoms with Crippen LogP contribution < -0.4 is 9.21 Å². The van der Waals surface area contributed by atoms with Crippen LogP contribution in [0.15, 0.2) is 83.4 Å². The summed E-state index contributed by atoms with van der Waals surface area (Å²) >= 11 is 0. The van der Waals surface area contributed by atoms with Gasteiger partial charge >= 0.3 is 0 Å². The molecule has 33 heavy (non-hydrogen) atoms. The van der Waals surface area contributed by atoms with Crippen LogP contribution in [0, 0.1) is 0 Å². The number of aromatic amines is 1. The molecule has 3 aromatic carbocycles. The molecule has 0 radical (unpaired) electrons. The van der Waals surface area contributed by atoms with Crippen LogP contribution in [-0.4, -0.2) is 33.0 Å². The molecule has 0 bridgehead atoms. The van der Waals surface area contributed by atoms with Gasteiger partial charge in [0, 0.05) is 47.8 Å². The molecule has 0 saturated heterocycles. The summed E-state index contributed by atoms with van der Waals surface area (Å²) in [4.78, 5) is 6.09. The standard InChI is InChI=1S/C26H25N3O2S.ClH/c30-32(31)25-8-2-6-20-5-1-7-24(26(20)25)29(32)15-3-4-19-12-16-28(17-13-19)22-9-10-23-21(18-22)11-14-27-23;/h1-2,5-12,14,18,27H,3-4,13,15-17H2;1H. The molecular weight excluding hydrogens is 454 g/mol. The summed E-state index contributed by atoms with van der Waals surface area (Å²) in [5.41, 5.74) is 4.66. The van der Waals surface area contributed by atoms with Crippen LogP contribution in [-0.2, 0) is 10.0 Å². The van der Waals surface area contributed by atoms with E-state index in [9.17, 15) is 8.42 Å². The number of sulfonamides is 1. The minimum absolute atomic E-state index is 0. The summed E-state index contributed by atoms with van der Waals surface area (Å²) in [6, 6.07) is 20.0. The maximum absolute atomic E-state index is 13.1. The lowest BCUT2D eigenvalue weighted by Crippen LogP contribution is -2.29. The second-order valence-electron chi connectivity index (χ2n) is 8.62. The van der Waals surface area contributed by atoms with E-state index in [1.807, 2.05) is 36.5 Å². The van der Waals surface area contributed by atoms with Gasteiger partial charge in [-0.25, -0.2) is 8.42 Å². The van der Waals surface area contributed by atoms with Gasteiger partial charge in [-0.05, 0) is 61.0 Å². The maximum atomic E-state index is 13.1. The maximum Gasteiger partial charge on any atom is 0.265 e. The molecule has 7 heteroatoms. The van der Waals surface area contributed by atoms with Crippen LogP contribution in [0.2, 0.25) is 0 Å². The Bertz CT molecular complexity index is 1470. The molecule has 0 aliphatic carbocycles. The summed E-state index contributed by atoms with van der Waals surface area (Å²) in [7, 11) is -3.46. The first kappa shape index (κ1) is 21.9. The van der Waals surface area contributed by atoms with Gasteiger partial charge in [0.1, 0.15) is 0 Å². The zero-order valence-corrected chi connectivity index (χ0v) is 19.8. The van der Waals surface area contributed by atoms with Gasteiger partial charge in [-0.1, -0.05) is 35.9 Å². The monoisotopic (exact) mass is 479 g/mol. The average molecular weight is 480 g/mol. The van der Waals surface area contributed by atoms with Crippen molar-refractivity contribution in [3.63, 3.8) is 0 Å². The smallest absolute Gasteiger partial charge is 0.265 e. The average Bonchev–Trinajstić information content (AvgIpc) is 3.37. The van der Waals surface area contributed by atoms with Crippen LogP contribution in [0.5, 0.6) is 0 Å².